The molecular weight excluding hydrogens is 1460 g/mol. The molecule has 15 aliphatic rings. The number of carbonyl (C=O) groups excluding carboxylic acids is 2. The molecule has 686 valence electrons. The molecule has 0 bridgehead atoms. The zero-order valence-corrected chi connectivity index (χ0v) is 81.7. The Bertz CT molecular complexity index is 2960. The first-order chi connectivity index (χ1) is 56.3. The Labute approximate surface area is 734 Å². The summed E-state index contributed by atoms with van der Waals surface area (Å²) in [5.74, 6) is 19.9. The third-order valence-corrected chi connectivity index (χ3v) is 41.1. The topological polar surface area (TPSA) is 156 Å². The van der Waals surface area contributed by atoms with Gasteiger partial charge in [0.05, 0.1) is 12.2 Å². The van der Waals surface area contributed by atoms with E-state index in [1.807, 2.05) is 0 Å². The summed E-state index contributed by atoms with van der Waals surface area (Å²) in [6.07, 6.45) is 61.3. The van der Waals surface area contributed by atoms with Gasteiger partial charge in [-0.15, -0.1) is 0 Å². The smallest absolute Gasteiger partial charge is 0.123 e. The van der Waals surface area contributed by atoms with Crippen LogP contribution < -0.4 is 0 Å². The second-order valence-corrected chi connectivity index (χ2v) is 48.1. The average Bonchev–Trinajstić information content (AvgIpc) is 1.58. The molecule has 0 aliphatic heterocycles. The number of hydrogen-bond donors (Lipinski definition) is 6. The first-order valence-corrected chi connectivity index (χ1v) is 51.7. The molecule has 0 heterocycles. The van der Waals surface area contributed by atoms with E-state index in [9.17, 15) is 40.2 Å². The van der Waals surface area contributed by atoms with E-state index in [1.165, 1.54) is 229 Å². The molecule has 15 fully saturated rings. The first-order valence-electron chi connectivity index (χ1n) is 51.7. The number of fused-ring (bicyclic) bond motifs is 7. The molecule has 0 saturated heterocycles. The van der Waals surface area contributed by atoms with E-state index in [4.69, 9.17) is 0 Å². The fourth-order valence-corrected chi connectivity index (χ4v) is 33.6. The van der Waals surface area contributed by atoms with Crippen molar-refractivity contribution >= 4 is 12.6 Å². The standard InChI is InChI=1S/C28H44O.3C14H26O.2C14H24O.C13H24O2/c1-19(2)20(3)9-10-22(5)26-15-16-27-23(8-7-17-28(26,27)6)12-13-24-18-25(29)14-11-21(24)4;5*1-10-5-4-8-14(3)12(10)6-7-13(14)11(2)9-15;1-9(8-14)10-5-6-11-12(15)4-3-7-13(10,11)2/h9-10,12-13,19-20,22,25-27,29H,4,7-8,11,14-18H2,1-3,5-6H3;3*10-13,15H,4-9H2,1-3H3;2*9-13H,4-8H2,1-3H3;9-12,14-15H,3-8H2,1-2H3/b10-9+,23-12+,24-13-;;;;;;/t20-,22+,25-,26+,27-,28+;2*10-,11+,12-,13+,14-;10-,11-,12-,13+,14-;2*10-,11+,12-,13+,14-;9-,10-,11+,12+,13-/m0000001/s1. The van der Waals surface area contributed by atoms with Crippen molar-refractivity contribution in [2.24, 2.45) is 204 Å². The summed E-state index contributed by atoms with van der Waals surface area (Å²) in [4.78, 5) is 22.0. The maximum Gasteiger partial charge on any atom is 0.123 e. The molecule has 0 radical (unpaired) electrons. The van der Waals surface area contributed by atoms with E-state index in [1.54, 1.807) is 5.57 Å². The van der Waals surface area contributed by atoms with Gasteiger partial charge in [0.2, 0.25) is 0 Å². The Morgan fingerprint density at radius 3 is 0.992 bits per heavy atom. The van der Waals surface area contributed by atoms with Gasteiger partial charge in [-0.1, -0.05) is 265 Å². The lowest BCUT2D eigenvalue weighted by molar-refractivity contribution is -0.114. The summed E-state index contributed by atoms with van der Waals surface area (Å²) in [5, 5.41) is 57.5. The van der Waals surface area contributed by atoms with Crippen LogP contribution in [0.1, 0.15) is 396 Å². The maximum atomic E-state index is 11.0. The van der Waals surface area contributed by atoms with Gasteiger partial charge in [0.1, 0.15) is 12.6 Å². The molecule has 15 saturated carbocycles. The molecule has 15 rings (SSSR count). The molecule has 0 spiro atoms. The lowest BCUT2D eigenvalue weighted by atomic mass is 9.60. The number of aliphatic hydroxyl groups is 6. The molecule has 0 unspecified atom stereocenters. The molecule has 0 aromatic rings. The van der Waals surface area contributed by atoms with Crippen molar-refractivity contribution in [2.75, 3.05) is 26.4 Å². The molecule has 36 atom stereocenters. The summed E-state index contributed by atoms with van der Waals surface area (Å²) in [7, 11) is 0. The van der Waals surface area contributed by atoms with Gasteiger partial charge in [-0.2, -0.15) is 0 Å². The highest BCUT2D eigenvalue weighted by molar-refractivity contribution is 5.54. The molecule has 0 aromatic heterocycles. The van der Waals surface area contributed by atoms with Crippen LogP contribution in [0.5, 0.6) is 0 Å². The Morgan fingerprint density at radius 2 is 0.647 bits per heavy atom. The molecule has 15 aliphatic carbocycles. The summed E-state index contributed by atoms with van der Waals surface area (Å²) in [6, 6.07) is 0. The highest BCUT2D eigenvalue weighted by Gasteiger charge is 2.58. The second-order valence-electron chi connectivity index (χ2n) is 48.1. The van der Waals surface area contributed by atoms with Crippen LogP contribution in [0.15, 0.2) is 47.6 Å². The van der Waals surface area contributed by atoms with Crippen LogP contribution in [-0.4, -0.2) is 81.8 Å². The zero-order chi connectivity index (χ0) is 87.5. The van der Waals surface area contributed by atoms with Gasteiger partial charge in [0, 0.05) is 38.3 Å². The van der Waals surface area contributed by atoms with Crippen molar-refractivity contribution in [1.29, 1.82) is 0 Å². The zero-order valence-electron chi connectivity index (χ0n) is 81.7. The van der Waals surface area contributed by atoms with Crippen LogP contribution in [0.4, 0.5) is 0 Å². The predicted molar refractivity (Wildman–Crippen MR) is 502 cm³/mol. The molecule has 0 amide bonds. The van der Waals surface area contributed by atoms with Gasteiger partial charge in [-0.25, -0.2) is 0 Å². The molecular formula is C111H194O8. The number of aldehydes is 2. The van der Waals surface area contributed by atoms with E-state index < -0.39 is 0 Å². The Kier molecular flexibility index (Phi) is 37.2. The van der Waals surface area contributed by atoms with Crippen molar-refractivity contribution < 1.29 is 40.2 Å². The number of aliphatic hydroxyl groups excluding tert-OH is 6. The molecule has 0 aromatic carbocycles. The SMILES string of the molecule is C=C1CC[C@H](O)C/C1=C/C=C1\CCC[C@]2(C)[C@@H]([C@H](C)/C=C/[C@H](C)C(C)C)CC[C@@H]12.C[C@@H](CO)[C@H]1CC[C@H]2[C@@H](C)CCC[C@]12C.C[C@H](C=O)[C@H]1CC[C@H]2[C@@H](C)CCC[C@]12C.C[C@H](C=O)[C@H]1CC[C@H]2[C@@H](C)CCC[C@]12C.C[C@H](CO)[C@H]1CC[C@H]2[C@@H](C)CCC[C@]12C.C[C@H](CO)[C@H]1CC[C@H]2[C@@H](C)CCC[C@]12C.C[C@H](CO)[C@H]1CC[C@H]2[C@@H](O)CCC[C@]12C. The first kappa shape index (κ1) is 101. The number of rotatable bonds is 17. The van der Waals surface area contributed by atoms with Crippen LogP contribution >= 0.6 is 0 Å². The van der Waals surface area contributed by atoms with Crippen molar-refractivity contribution in [3.05, 3.63) is 47.6 Å². The number of hydrogen-bond acceptors (Lipinski definition) is 8. The van der Waals surface area contributed by atoms with E-state index in [0.29, 0.717) is 124 Å². The summed E-state index contributed by atoms with van der Waals surface area (Å²) in [5.41, 5.74) is 7.46. The van der Waals surface area contributed by atoms with Gasteiger partial charge in [-0.05, 0) is 371 Å². The van der Waals surface area contributed by atoms with Gasteiger partial charge in [-0.3, -0.25) is 0 Å². The minimum Gasteiger partial charge on any atom is -0.396 e. The largest absolute Gasteiger partial charge is 0.396 e. The van der Waals surface area contributed by atoms with Gasteiger partial charge >= 0.3 is 0 Å². The lowest BCUT2D eigenvalue weighted by Crippen LogP contribution is -2.41. The summed E-state index contributed by atoms with van der Waals surface area (Å²) in [6.45, 7) is 57.6. The summed E-state index contributed by atoms with van der Waals surface area (Å²) >= 11 is 0. The third kappa shape index (κ3) is 22.2. The molecule has 6 N–H and O–H groups in total. The fourth-order valence-electron chi connectivity index (χ4n) is 33.6. The minimum absolute atomic E-state index is 0.0837. The van der Waals surface area contributed by atoms with Crippen molar-refractivity contribution in [3.63, 3.8) is 0 Å². The predicted octanol–water partition coefficient (Wildman–Crippen LogP) is 27.6. The molecule has 119 heavy (non-hydrogen) atoms. The van der Waals surface area contributed by atoms with Crippen molar-refractivity contribution in [3.8, 4) is 0 Å². The van der Waals surface area contributed by atoms with Crippen LogP contribution in [0.2, 0.25) is 0 Å². The molecule has 8 nitrogen and oxygen atoms in total. The lowest BCUT2D eigenvalue weighted by Gasteiger charge is -2.45. The monoisotopic (exact) mass is 1660 g/mol. The second kappa shape index (κ2) is 43.9. The van der Waals surface area contributed by atoms with Crippen LogP contribution in [0, 0.1) is 204 Å². The minimum atomic E-state index is -0.182. The van der Waals surface area contributed by atoms with E-state index in [-0.39, 0.29) is 24.0 Å². The third-order valence-electron chi connectivity index (χ3n) is 41.1. The summed E-state index contributed by atoms with van der Waals surface area (Å²) < 4.78 is 0. The normalized spacial score (nSPS) is 45.2. The maximum absolute atomic E-state index is 11.0. The van der Waals surface area contributed by atoms with E-state index in [2.05, 4.69) is 183 Å². The number of allylic oxidation sites excluding steroid dienone is 6. The Balaban J connectivity index is 0.000000161. The van der Waals surface area contributed by atoms with Gasteiger partial charge in [0.15, 0.2) is 0 Å². The fraction of sp³-hybridized carbons (Fsp3) is 0.910. The highest BCUT2D eigenvalue weighted by atomic mass is 16.3. The van der Waals surface area contributed by atoms with Crippen LogP contribution in [0.25, 0.3) is 0 Å². The van der Waals surface area contributed by atoms with Crippen molar-refractivity contribution in [1.82, 2.24) is 0 Å². The molecule has 8 heteroatoms. The van der Waals surface area contributed by atoms with Gasteiger partial charge in [0.25, 0.3) is 0 Å². The average molecular weight is 1660 g/mol. The van der Waals surface area contributed by atoms with Crippen LogP contribution in [-0.2, 0) is 9.59 Å². The quantitative estimate of drug-likeness (QED) is 0.0621. The highest BCUT2D eigenvalue weighted by Crippen LogP contribution is 2.66. The van der Waals surface area contributed by atoms with E-state index >= 15 is 0 Å². The van der Waals surface area contributed by atoms with Crippen molar-refractivity contribution in [2.45, 2.75) is 409 Å². The van der Waals surface area contributed by atoms with Crippen LogP contribution in [0.3, 0.4) is 0 Å². The Morgan fingerprint density at radius 1 is 0.345 bits per heavy atom. The Hall–Kier alpha value is -1.94. The van der Waals surface area contributed by atoms with E-state index in [0.717, 1.165) is 133 Å². The number of carbonyl (C=O) groups is 2. The van der Waals surface area contributed by atoms with Gasteiger partial charge < -0.3 is 40.2 Å².